The third-order valence-corrected chi connectivity index (χ3v) is 4.97. The Balaban J connectivity index is 2.10. The van der Waals surface area contributed by atoms with Crippen molar-refractivity contribution >= 4 is 22.8 Å². The number of aliphatic carboxylic acids is 1. The molecule has 1 amide bonds. The van der Waals surface area contributed by atoms with Crippen LogP contribution < -0.4 is 20.3 Å². The van der Waals surface area contributed by atoms with E-state index in [2.05, 4.69) is 5.32 Å². The summed E-state index contributed by atoms with van der Waals surface area (Å²) >= 11 is 0. The van der Waals surface area contributed by atoms with Crippen LogP contribution in [0.25, 0.3) is 10.9 Å². The number of pyridine rings is 1. The molecule has 1 aromatic heterocycles. The molecule has 1 aromatic carbocycles. The van der Waals surface area contributed by atoms with E-state index in [1.807, 2.05) is 13.8 Å². The molecule has 1 atom stereocenters. The highest BCUT2D eigenvalue weighted by atomic mass is 16.5. The summed E-state index contributed by atoms with van der Waals surface area (Å²) in [7, 11) is 1.53. The van der Waals surface area contributed by atoms with Gasteiger partial charge in [0.25, 0.3) is 11.5 Å². The normalized spacial score (nSPS) is 14.6. The predicted molar refractivity (Wildman–Crippen MR) is 108 cm³/mol. The van der Waals surface area contributed by atoms with E-state index in [1.165, 1.54) is 17.7 Å². The Labute approximate surface area is 168 Å². The fraction of sp³-hybridized carbons (Fsp3) is 0.476. The van der Waals surface area contributed by atoms with Gasteiger partial charge in [0.2, 0.25) is 0 Å². The molecular weight excluding hydrogens is 376 g/mol. The number of carbonyl (C=O) groups is 2. The molecule has 0 aliphatic carbocycles. The zero-order valence-electron chi connectivity index (χ0n) is 16.9. The number of methoxy groups -OCH3 is 1. The number of aryl methyl sites for hydroxylation is 1. The number of benzene rings is 1. The fourth-order valence-electron chi connectivity index (χ4n) is 3.58. The summed E-state index contributed by atoms with van der Waals surface area (Å²) in [5.74, 6) is -0.726. The molecule has 0 bridgehead atoms. The van der Waals surface area contributed by atoms with Gasteiger partial charge in [0.1, 0.15) is 11.6 Å². The molecule has 0 fully saturated rings. The van der Waals surface area contributed by atoms with Crippen LogP contribution in [0.4, 0.5) is 0 Å². The van der Waals surface area contributed by atoms with Gasteiger partial charge in [-0.3, -0.25) is 9.59 Å². The Hall–Kier alpha value is -3.03. The van der Waals surface area contributed by atoms with Crippen molar-refractivity contribution in [2.45, 2.75) is 45.7 Å². The monoisotopic (exact) mass is 402 g/mol. The zero-order chi connectivity index (χ0) is 21.1. The van der Waals surface area contributed by atoms with Crippen molar-refractivity contribution < 1.29 is 24.2 Å². The molecule has 0 radical (unpaired) electrons. The van der Waals surface area contributed by atoms with Crippen molar-refractivity contribution in [1.82, 2.24) is 9.88 Å². The molecule has 29 heavy (non-hydrogen) atoms. The molecule has 8 heteroatoms. The maximum absolute atomic E-state index is 13.1. The molecule has 2 N–H and O–H groups in total. The van der Waals surface area contributed by atoms with Gasteiger partial charge in [-0.1, -0.05) is 13.8 Å². The number of ether oxygens (including phenoxy) is 2. The number of carboxylic acid groups (broad SMARTS) is 1. The number of aromatic nitrogens is 1. The lowest BCUT2D eigenvalue weighted by atomic mass is 10.0. The lowest BCUT2D eigenvalue weighted by Gasteiger charge is -2.21. The molecule has 2 aromatic rings. The Morgan fingerprint density at radius 2 is 2.07 bits per heavy atom. The van der Waals surface area contributed by atoms with Gasteiger partial charge in [-0.15, -0.1) is 0 Å². The molecule has 3 rings (SSSR count). The Kier molecular flexibility index (Phi) is 6.10. The van der Waals surface area contributed by atoms with Crippen molar-refractivity contribution in [3.05, 3.63) is 34.1 Å². The second-order valence-electron chi connectivity index (χ2n) is 7.60. The fourth-order valence-corrected chi connectivity index (χ4v) is 3.58. The first kappa shape index (κ1) is 20.7. The Morgan fingerprint density at radius 1 is 1.31 bits per heavy atom. The predicted octanol–water partition coefficient (Wildman–Crippen LogP) is 2.41. The van der Waals surface area contributed by atoms with E-state index in [9.17, 15) is 19.5 Å². The molecule has 8 nitrogen and oxygen atoms in total. The van der Waals surface area contributed by atoms with E-state index in [0.717, 1.165) is 12.8 Å². The summed E-state index contributed by atoms with van der Waals surface area (Å²) in [6.45, 7) is 4.70. The van der Waals surface area contributed by atoms with Crippen molar-refractivity contribution in [3.8, 4) is 11.5 Å². The van der Waals surface area contributed by atoms with Crippen LogP contribution in [-0.4, -0.2) is 41.3 Å². The zero-order valence-corrected chi connectivity index (χ0v) is 16.9. The maximum atomic E-state index is 13.1. The summed E-state index contributed by atoms with van der Waals surface area (Å²) in [6.07, 6.45) is 1.76. The number of nitrogens with zero attached hydrogens (tertiary/aromatic N) is 1. The second-order valence-corrected chi connectivity index (χ2v) is 7.60. The van der Waals surface area contributed by atoms with Crippen molar-refractivity contribution in [1.29, 1.82) is 0 Å². The number of amides is 1. The van der Waals surface area contributed by atoms with Crippen LogP contribution in [0.3, 0.4) is 0 Å². The number of nitrogens with one attached hydrogen (secondary N) is 1. The number of hydrogen-bond acceptors (Lipinski definition) is 5. The van der Waals surface area contributed by atoms with Gasteiger partial charge >= 0.3 is 5.97 Å². The van der Waals surface area contributed by atoms with E-state index in [4.69, 9.17) is 9.47 Å². The minimum absolute atomic E-state index is 0.0784. The summed E-state index contributed by atoms with van der Waals surface area (Å²) in [5, 5.41) is 12.6. The van der Waals surface area contributed by atoms with Crippen LogP contribution in [-0.2, 0) is 11.3 Å². The van der Waals surface area contributed by atoms with Gasteiger partial charge in [0.15, 0.2) is 11.5 Å². The number of carbonyl (C=O) groups excluding carboxylic acids is 1. The first-order valence-corrected chi connectivity index (χ1v) is 9.74. The highest BCUT2D eigenvalue weighted by Gasteiger charge is 2.26. The standard InChI is InChI=1S/C21H26N2O6/c1-12(2)10-15(21(26)27)22-19(24)14-11-13-6-7-16(28-3)18-17(13)23(20(14)25)8-4-5-9-29-18/h6-7,11-12,15H,4-5,8-10H2,1-3H3,(H,22,24)(H,26,27). The lowest BCUT2D eigenvalue weighted by Crippen LogP contribution is -2.44. The van der Waals surface area contributed by atoms with E-state index in [1.54, 1.807) is 12.1 Å². The average molecular weight is 402 g/mol. The summed E-state index contributed by atoms with van der Waals surface area (Å²) in [5.41, 5.74) is 0.0375. The average Bonchev–Trinajstić information content (AvgIpc) is 2.64. The van der Waals surface area contributed by atoms with Crippen LogP contribution in [0, 0.1) is 5.92 Å². The Morgan fingerprint density at radius 3 is 2.72 bits per heavy atom. The minimum atomic E-state index is -1.12. The van der Waals surface area contributed by atoms with Gasteiger partial charge < -0.3 is 24.5 Å². The van der Waals surface area contributed by atoms with Crippen molar-refractivity contribution in [3.63, 3.8) is 0 Å². The van der Waals surface area contributed by atoms with E-state index in [0.29, 0.717) is 35.6 Å². The van der Waals surface area contributed by atoms with E-state index >= 15 is 0 Å². The quantitative estimate of drug-likeness (QED) is 0.768. The summed E-state index contributed by atoms with van der Waals surface area (Å²) in [4.78, 5) is 37.4. The van der Waals surface area contributed by atoms with Gasteiger partial charge in [-0.25, -0.2) is 4.79 Å². The van der Waals surface area contributed by atoms with Gasteiger partial charge in [0, 0.05) is 11.9 Å². The molecule has 0 saturated heterocycles. The third kappa shape index (κ3) is 4.21. The molecule has 0 saturated carbocycles. The van der Waals surface area contributed by atoms with Gasteiger partial charge in [-0.05, 0) is 43.4 Å². The topological polar surface area (TPSA) is 107 Å². The number of hydrogen-bond donors (Lipinski definition) is 2. The molecule has 2 heterocycles. The molecule has 0 spiro atoms. The number of carboxylic acids is 1. The summed E-state index contributed by atoms with van der Waals surface area (Å²) < 4.78 is 12.8. The van der Waals surface area contributed by atoms with E-state index < -0.39 is 23.5 Å². The van der Waals surface area contributed by atoms with Crippen LogP contribution in [0.15, 0.2) is 23.0 Å². The molecular formula is C21H26N2O6. The van der Waals surface area contributed by atoms with Gasteiger partial charge in [-0.2, -0.15) is 0 Å². The molecule has 1 aliphatic rings. The first-order chi connectivity index (χ1) is 13.8. The second kappa shape index (κ2) is 8.55. The highest BCUT2D eigenvalue weighted by molar-refractivity contribution is 6.00. The van der Waals surface area contributed by atoms with Crippen molar-refractivity contribution in [2.24, 2.45) is 5.92 Å². The largest absolute Gasteiger partial charge is 0.493 e. The molecule has 1 unspecified atom stereocenters. The SMILES string of the molecule is COc1ccc2cc(C(=O)NC(CC(C)C)C(=O)O)c(=O)n3c2c1OCCCC3. The van der Waals surface area contributed by atoms with Crippen LogP contribution in [0.2, 0.25) is 0 Å². The number of rotatable bonds is 6. The van der Waals surface area contributed by atoms with Crippen LogP contribution in [0.1, 0.15) is 43.5 Å². The van der Waals surface area contributed by atoms with Crippen LogP contribution in [0.5, 0.6) is 11.5 Å². The Bertz CT molecular complexity index is 995. The van der Waals surface area contributed by atoms with E-state index in [-0.39, 0.29) is 17.9 Å². The highest BCUT2D eigenvalue weighted by Crippen LogP contribution is 2.36. The molecule has 156 valence electrons. The molecule has 1 aliphatic heterocycles. The summed E-state index contributed by atoms with van der Waals surface area (Å²) in [6, 6.07) is 3.93. The van der Waals surface area contributed by atoms with Gasteiger partial charge in [0.05, 0.1) is 19.2 Å². The maximum Gasteiger partial charge on any atom is 0.326 e. The smallest absolute Gasteiger partial charge is 0.326 e. The minimum Gasteiger partial charge on any atom is -0.493 e. The van der Waals surface area contributed by atoms with Crippen LogP contribution >= 0.6 is 0 Å². The third-order valence-electron chi connectivity index (χ3n) is 4.97. The van der Waals surface area contributed by atoms with Crippen molar-refractivity contribution in [2.75, 3.05) is 13.7 Å². The lowest BCUT2D eigenvalue weighted by molar-refractivity contribution is -0.139. The first-order valence-electron chi connectivity index (χ1n) is 9.74.